The van der Waals surface area contributed by atoms with Gasteiger partial charge in [0.1, 0.15) is 17.8 Å². The quantitative estimate of drug-likeness (QED) is 0.680. The molecule has 3 rings (SSSR count). The highest BCUT2D eigenvalue weighted by atomic mass is 16.5. The zero-order chi connectivity index (χ0) is 19.9. The third-order valence-corrected chi connectivity index (χ3v) is 4.27. The van der Waals surface area contributed by atoms with E-state index >= 15 is 0 Å². The zero-order valence-electron chi connectivity index (χ0n) is 16.0. The van der Waals surface area contributed by atoms with Crippen LogP contribution in [0.15, 0.2) is 60.9 Å². The van der Waals surface area contributed by atoms with Crippen LogP contribution in [0.5, 0.6) is 11.5 Å². The van der Waals surface area contributed by atoms with Gasteiger partial charge in [0.05, 0.1) is 14.2 Å². The van der Waals surface area contributed by atoms with E-state index in [-0.39, 0.29) is 5.91 Å². The molecule has 1 heterocycles. The van der Waals surface area contributed by atoms with Crippen molar-refractivity contribution in [2.24, 2.45) is 0 Å². The van der Waals surface area contributed by atoms with Crippen LogP contribution in [0.3, 0.4) is 0 Å². The second-order valence-electron chi connectivity index (χ2n) is 6.03. The Morgan fingerprint density at radius 2 is 1.75 bits per heavy atom. The summed E-state index contributed by atoms with van der Waals surface area (Å²) in [4.78, 5) is 22.8. The zero-order valence-corrected chi connectivity index (χ0v) is 16.0. The number of carbonyl (C=O) groups is 1. The van der Waals surface area contributed by atoms with Gasteiger partial charge in [-0.1, -0.05) is 24.3 Å². The molecule has 2 aromatic carbocycles. The maximum Gasteiger partial charge on any atom is 0.270 e. The van der Waals surface area contributed by atoms with Crippen LogP contribution in [-0.4, -0.2) is 37.1 Å². The molecule has 1 N–H and O–H groups in total. The second kappa shape index (κ2) is 8.85. The number of amides is 1. The van der Waals surface area contributed by atoms with E-state index in [9.17, 15) is 4.79 Å². The van der Waals surface area contributed by atoms with Gasteiger partial charge in [0.15, 0.2) is 11.5 Å². The molecule has 0 unspecified atom stereocenters. The summed E-state index contributed by atoms with van der Waals surface area (Å²) in [5.41, 5.74) is 2.16. The first-order chi connectivity index (χ1) is 13.6. The summed E-state index contributed by atoms with van der Waals surface area (Å²) in [7, 11) is 5.05. The topological polar surface area (TPSA) is 76.6 Å². The Balaban J connectivity index is 1.70. The Hall–Kier alpha value is -3.61. The average molecular weight is 378 g/mol. The number of aromatic nitrogens is 2. The predicted octanol–water partition coefficient (Wildman–Crippen LogP) is 3.19. The van der Waals surface area contributed by atoms with Gasteiger partial charge >= 0.3 is 0 Å². The van der Waals surface area contributed by atoms with Crippen LogP contribution in [0.25, 0.3) is 0 Å². The smallest absolute Gasteiger partial charge is 0.270 e. The molecule has 1 aromatic heterocycles. The van der Waals surface area contributed by atoms with E-state index in [1.165, 1.54) is 6.33 Å². The molecule has 144 valence electrons. The lowest BCUT2D eigenvalue weighted by molar-refractivity contribution is 0.0945. The van der Waals surface area contributed by atoms with Crippen molar-refractivity contribution in [3.8, 4) is 11.5 Å². The minimum atomic E-state index is -0.278. The van der Waals surface area contributed by atoms with Crippen molar-refractivity contribution in [2.45, 2.75) is 6.54 Å². The standard InChI is InChI=1S/C21H22N4O3/c1-25(16-7-5-4-6-8-16)20-12-17(23-14-24-20)21(26)22-13-15-9-10-18(27-2)19(11-15)28-3/h4-12,14H,13H2,1-3H3,(H,22,26). The summed E-state index contributed by atoms with van der Waals surface area (Å²) in [6.07, 6.45) is 1.39. The maximum absolute atomic E-state index is 12.5. The van der Waals surface area contributed by atoms with Crippen LogP contribution in [0.2, 0.25) is 0 Å². The van der Waals surface area contributed by atoms with Gasteiger partial charge in [0.25, 0.3) is 5.91 Å². The first-order valence-electron chi connectivity index (χ1n) is 8.72. The molecule has 0 radical (unpaired) electrons. The SMILES string of the molecule is COc1ccc(CNC(=O)c2cc(N(C)c3ccccc3)ncn2)cc1OC. The molecule has 0 saturated carbocycles. The molecule has 0 aliphatic rings. The minimum Gasteiger partial charge on any atom is -0.493 e. The maximum atomic E-state index is 12.5. The number of carbonyl (C=O) groups excluding carboxylic acids is 1. The number of para-hydroxylation sites is 1. The largest absolute Gasteiger partial charge is 0.493 e. The van der Waals surface area contributed by atoms with E-state index in [0.29, 0.717) is 29.6 Å². The van der Waals surface area contributed by atoms with Crippen LogP contribution in [-0.2, 0) is 6.54 Å². The molecule has 7 nitrogen and oxygen atoms in total. The van der Waals surface area contributed by atoms with Gasteiger partial charge < -0.3 is 19.7 Å². The molecule has 0 spiro atoms. The van der Waals surface area contributed by atoms with Crippen molar-refractivity contribution in [2.75, 3.05) is 26.2 Å². The molecule has 0 fully saturated rings. The highest BCUT2D eigenvalue weighted by Gasteiger charge is 2.12. The van der Waals surface area contributed by atoms with E-state index < -0.39 is 0 Å². The number of anilines is 2. The Morgan fingerprint density at radius 3 is 2.46 bits per heavy atom. The third-order valence-electron chi connectivity index (χ3n) is 4.27. The van der Waals surface area contributed by atoms with Crippen molar-refractivity contribution < 1.29 is 14.3 Å². The molecule has 1 amide bonds. The second-order valence-corrected chi connectivity index (χ2v) is 6.03. The van der Waals surface area contributed by atoms with Crippen molar-refractivity contribution >= 4 is 17.4 Å². The van der Waals surface area contributed by atoms with Crippen molar-refractivity contribution in [3.63, 3.8) is 0 Å². The van der Waals surface area contributed by atoms with Crippen LogP contribution in [0.1, 0.15) is 16.1 Å². The average Bonchev–Trinajstić information content (AvgIpc) is 2.77. The van der Waals surface area contributed by atoms with Gasteiger partial charge in [0.2, 0.25) is 0 Å². The molecule has 28 heavy (non-hydrogen) atoms. The Bertz CT molecular complexity index is 947. The van der Waals surface area contributed by atoms with Crippen molar-refractivity contribution in [3.05, 3.63) is 72.2 Å². The lowest BCUT2D eigenvalue weighted by atomic mass is 10.2. The summed E-state index contributed by atoms with van der Waals surface area (Å²) < 4.78 is 10.5. The van der Waals surface area contributed by atoms with Crippen molar-refractivity contribution in [1.82, 2.24) is 15.3 Å². The Labute approximate surface area is 164 Å². The van der Waals surface area contributed by atoms with Crippen LogP contribution >= 0.6 is 0 Å². The number of benzene rings is 2. The monoisotopic (exact) mass is 378 g/mol. The molecule has 0 aliphatic heterocycles. The highest BCUT2D eigenvalue weighted by molar-refractivity contribution is 5.93. The summed E-state index contributed by atoms with van der Waals surface area (Å²) in [6.45, 7) is 0.340. The fourth-order valence-electron chi connectivity index (χ4n) is 2.70. The third kappa shape index (κ3) is 4.37. The first-order valence-corrected chi connectivity index (χ1v) is 8.72. The van der Waals surface area contributed by atoms with Crippen LogP contribution in [0, 0.1) is 0 Å². The number of nitrogens with one attached hydrogen (secondary N) is 1. The molecular weight excluding hydrogens is 356 g/mol. The number of hydrogen-bond acceptors (Lipinski definition) is 6. The summed E-state index contributed by atoms with van der Waals surface area (Å²) in [5.74, 6) is 1.61. The van der Waals surface area contributed by atoms with Gasteiger partial charge in [-0.2, -0.15) is 0 Å². The summed E-state index contributed by atoms with van der Waals surface area (Å²) >= 11 is 0. The predicted molar refractivity (Wildman–Crippen MR) is 107 cm³/mol. The molecular formula is C21H22N4O3. The van der Waals surface area contributed by atoms with E-state index in [2.05, 4.69) is 15.3 Å². The van der Waals surface area contributed by atoms with Gasteiger partial charge in [-0.3, -0.25) is 4.79 Å². The van der Waals surface area contributed by atoms with E-state index in [1.54, 1.807) is 26.4 Å². The number of ether oxygens (including phenoxy) is 2. The number of methoxy groups -OCH3 is 2. The molecule has 0 bridgehead atoms. The summed E-state index contributed by atoms with van der Waals surface area (Å²) in [5, 5.41) is 2.87. The number of nitrogens with zero attached hydrogens (tertiary/aromatic N) is 3. The van der Waals surface area contributed by atoms with Crippen LogP contribution in [0.4, 0.5) is 11.5 Å². The van der Waals surface area contributed by atoms with Crippen LogP contribution < -0.4 is 19.7 Å². The van der Waals surface area contributed by atoms with E-state index in [1.807, 2.05) is 54.4 Å². The van der Waals surface area contributed by atoms with Crippen molar-refractivity contribution in [1.29, 1.82) is 0 Å². The lowest BCUT2D eigenvalue weighted by Gasteiger charge is -2.18. The lowest BCUT2D eigenvalue weighted by Crippen LogP contribution is -2.24. The first kappa shape index (κ1) is 19.2. The highest BCUT2D eigenvalue weighted by Crippen LogP contribution is 2.27. The van der Waals surface area contributed by atoms with Gasteiger partial charge in [-0.05, 0) is 29.8 Å². The fraction of sp³-hybridized carbons (Fsp3) is 0.190. The van der Waals surface area contributed by atoms with Gasteiger partial charge in [-0.25, -0.2) is 9.97 Å². The molecule has 7 heteroatoms. The molecule has 3 aromatic rings. The minimum absolute atomic E-state index is 0.278. The molecule has 0 aliphatic carbocycles. The normalized spacial score (nSPS) is 10.2. The molecule has 0 saturated heterocycles. The summed E-state index contributed by atoms with van der Waals surface area (Å²) in [6, 6.07) is 17.0. The van der Waals surface area contributed by atoms with Gasteiger partial charge in [0, 0.05) is 25.3 Å². The fourth-order valence-corrected chi connectivity index (χ4v) is 2.70. The van der Waals surface area contributed by atoms with E-state index in [4.69, 9.17) is 9.47 Å². The Kier molecular flexibility index (Phi) is 6.06. The van der Waals surface area contributed by atoms with E-state index in [0.717, 1.165) is 11.3 Å². The van der Waals surface area contributed by atoms with Gasteiger partial charge in [-0.15, -0.1) is 0 Å². The Morgan fingerprint density at radius 1 is 1.00 bits per heavy atom. The number of rotatable bonds is 7. The number of hydrogen-bond donors (Lipinski definition) is 1. The molecule has 0 atom stereocenters.